The van der Waals surface area contributed by atoms with Gasteiger partial charge >= 0.3 is 0 Å². The van der Waals surface area contributed by atoms with Crippen molar-refractivity contribution in [2.45, 2.75) is 5.66 Å². The van der Waals surface area contributed by atoms with Gasteiger partial charge in [-0.3, -0.25) is 4.79 Å². The van der Waals surface area contributed by atoms with Gasteiger partial charge in [0.25, 0.3) is 0 Å². The monoisotopic (exact) mass is 363 g/mol. The molecule has 4 heteroatoms. The summed E-state index contributed by atoms with van der Waals surface area (Å²) < 4.78 is 14.6. The fourth-order valence-corrected chi connectivity index (χ4v) is 6.56. The average molecular weight is 363 g/mol. The molecule has 0 bridgehead atoms. The predicted molar refractivity (Wildman–Crippen MR) is 108 cm³/mol. The van der Waals surface area contributed by atoms with E-state index in [-0.39, 0.29) is 5.66 Å². The van der Waals surface area contributed by atoms with Gasteiger partial charge in [0.15, 0.2) is 7.14 Å². The lowest BCUT2D eigenvalue weighted by molar-refractivity contribution is -0.117. The number of rotatable bonds is 7. The summed E-state index contributed by atoms with van der Waals surface area (Å²) in [6, 6.07) is 29.0. The van der Waals surface area contributed by atoms with Crippen molar-refractivity contribution in [3.8, 4) is 0 Å². The van der Waals surface area contributed by atoms with Crippen molar-refractivity contribution in [3.05, 3.63) is 96.6 Å². The number of hydrogen-bond acceptors (Lipinski definition) is 2. The highest BCUT2D eigenvalue weighted by atomic mass is 31.2. The topological polar surface area (TPSA) is 37.4 Å². The Bertz CT molecular complexity index is 838. The number of hydrogen-bond donors (Lipinski definition) is 0. The lowest BCUT2D eigenvalue weighted by Gasteiger charge is -2.31. The van der Waals surface area contributed by atoms with Crippen LogP contribution >= 0.6 is 7.14 Å². The molecule has 0 radical (unpaired) electrons. The molecular formula is C22H22NO2P. The summed E-state index contributed by atoms with van der Waals surface area (Å²) in [5, 5.41) is 1.61. The maximum absolute atomic E-state index is 14.6. The van der Waals surface area contributed by atoms with Crippen LogP contribution in [0, 0.1) is 0 Å². The summed E-state index contributed by atoms with van der Waals surface area (Å²) in [6.07, 6.45) is 0.788. The van der Waals surface area contributed by atoms with Gasteiger partial charge in [-0.2, -0.15) is 0 Å². The second-order valence-corrected chi connectivity index (χ2v) is 9.27. The zero-order valence-corrected chi connectivity index (χ0v) is 15.6. The Hall–Kier alpha value is -2.64. The van der Waals surface area contributed by atoms with Crippen LogP contribution in [0.3, 0.4) is 0 Å². The van der Waals surface area contributed by atoms with E-state index in [4.69, 9.17) is 0 Å². The molecule has 132 valence electrons. The molecule has 0 heterocycles. The first-order valence-corrected chi connectivity index (χ1v) is 10.4. The van der Waals surface area contributed by atoms with E-state index in [0.29, 0.717) is 6.54 Å². The minimum Gasteiger partial charge on any atom is -0.347 e. The maximum Gasteiger partial charge on any atom is 0.209 e. The summed E-state index contributed by atoms with van der Waals surface area (Å²) in [7, 11) is -1.30. The summed E-state index contributed by atoms with van der Waals surface area (Å²) in [5.41, 5.74) is 0.654. The SMILES string of the molecule is CN(C=O)CC(c1ccccc1)P(=O)(c1ccccc1)c1ccccc1. The van der Waals surface area contributed by atoms with Crippen molar-refractivity contribution in [1.29, 1.82) is 0 Å². The predicted octanol–water partition coefficient (Wildman–Crippen LogP) is 3.83. The van der Waals surface area contributed by atoms with E-state index in [0.717, 1.165) is 22.6 Å². The zero-order valence-electron chi connectivity index (χ0n) is 14.7. The van der Waals surface area contributed by atoms with Crippen LogP contribution in [-0.4, -0.2) is 24.9 Å². The Balaban J connectivity index is 2.23. The van der Waals surface area contributed by atoms with Crippen molar-refractivity contribution in [2.75, 3.05) is 13.6 Å². The van der Waals surface area contributed by atoms with E-state index in [1.165, 1.54) is 0 Å². The van der Waals surface area contributed by atoms with Crippen molar-refractivity contribution < 1.29 is 9.36 Å². The number of benzene rings is 3. The van der Waals surface area contributed by atoms with Crippen molar-refractivity contribution in [2.24, 2.45) is 0 Å². The molecule has 0 saturated carbocycles. The first-order chi connectivity index (χ1) is 12.7. The van der Waals surface area contributed by atoms with Crippen LogP contribution in [0.5, 0.6) is 0 Å². The highest BCUT2D eigenvalue weighted by Gasteiger charge is 2.38. The minimum absolute atomic E-state index is 0.316. The molecule has 0 aliphatic rings. The molecule has 1 atom stereocenters. The molecule has 0 fully saturated rings. The number of carbonyl (C=O) groups is 1. The highest BCUT2D eigenvalue weighted by Crippen LogP contribution is 2.57. The van der Waals surface area contributed by atoms with E-state index in [2.05, 4.69) is 0 Å². The lowest BCUT2D eigenvalue weighted by atomic mass is 10.1. The van der Waals surface area contributed by atoms with Crippen LogP contribution < -0.4 is 10.6 Å². The molecule has 1 unspecified atom stereocenters. The molecule has 26 heavy (non-hydrogen) atoms. The first-order valence-electron chi connectivity index (χ1n) is 8.57. The van der Waals surface area contributed by atoms with Gasteiger partial charge in [-0.25, -0.2) is 0 Å². The standard InChI is InChI=1S/C22H22NO2P/c1-23(18-24)17-22(19-11-5-2-6-12-19)26(25,20-13-7-3-8-14-20)21-15-9-4-10-16-21/h2-16,18,22H,17H2,1H3. The third-order valence-electron chi connectivity index (χ3n) is 4.54. The third-order valence-corrected chi connectivity index (χ3v) is 8.01. The number of likely N-dealkylation sites (N-methyl/N-ethyl adjacent to an activating group) is 1. The molecule has 0 N–H and O–H groups in total. The lowest BCUT2D eigenvalue weighted by Crippen LogP contribution is -2.29. The van der Waals surface area contributed by atoms with Crippen molar-refractivity contribution in [3.63, 3.8) is 0 Å². The average Bonchev–Trinajstić information content (AvgIpc) is 2.73. The minimum atomic E-state index is -3.02. The second kappa shape index (κ2) is 8.16. The summed E-state index contributed by atoms with van der Waals surface area (Å²) in [4.78, 5) is 12.9. The molecule has 3 nitrogen and oxygen atoms in total. The first kappa shape index (κ1) is 18.2. The van der Waals surface area contributed by atoms with Gasteiger partial charge in [0, 0.05) is 24.2 Å². The van der Waals surface area contributed by atoms with Gasteiger partial charge in [0.05, 0.1) is 5.66 Å². The van der Waals surface area contributed by atoms with Crippen molar-refractivity contribution in [1.82, 2.24) is 4.90 Å². The van der Waals surface area contributed by atoms with Crippen LogP contribution in [0.25, 0.3) is 0 Å². The summed E-state index contributed by atoms with van der Waals surface area (Å²) >= 11 is 0. The van der Waals surface area contributed by atoms with Gasteiger partial charge in [-0.05, 0) is 5.56 Å². The highest BCUT2D eigenvalue weighted by molar-refractivity contribution is 7.79. The number of amides is 1. The van der Waals surface area contributed by atoms with Gasteiger partial charge in [0.1, 0.15) is 0 Å². The van der Waals surface area contributed by atoms with E-state index < -0.39 is 7.14 Å². The molecule has 0 spiro atoms. The van der Waals surface area contributed by atoms with Gasteiger partial charge in [-0.15, -0.1) is 0 Å². The fraction of sp³-hybridized carbons (Fsp3) is 0.136. The van der Waals surface area contributed by atoms with Crippen LogP contribution in [0.2, 0.25) is 0 Å². The molecule has 1 amide bonds. The van der Waals surface area contributed by atoms with Crippen molar-refractivity contribution >= 4 is 24.2 Å². The van der Waals surface area contributed by atoms with Gasteiger partial charge < -0.3 is 9.46 Å². The van der Waals surface area contributed by atoms with E-state index in [1.54, 1.807) is 11.9 Å². The van der Waals surface area contributed by atoms with E-state index >= 15 is 0 Å². The Morgan fingerprint density at radius 1 is 0.808 bits per heavy atom. The van der Waals surface area contributed by atoms with Crippen LogP contribution in [-0.2, 0) is 9.36 Å². The molecule has 0 aliphatic carbocycles. The van der Waals surface area contributed by atoms with E-state index in [9.17, 15) is 9.36 Å². The third kappa shape index (κ3) is 3.63. The Morgan fingerprint density at radius 3 is 1.65 bits per heavy atom. The fourth-order valence-electron chi connectivity index (χ4n) is 3.23. The second-order valence-electron chi connectivity index (χ2n) is 6.30. The Labute approximate surface area is 154 Å². The van der Waals surface area contributed by atoms with Crippen LogP contribution in [0.1, 0.15) is 11.2 Å². The Kier molecular flexibility index (Phi) is 5.70. The van der Waals surface area contributed by atoms with Crippen LogP contribution in [0.15, 0.2) is 91.0 Å². The van der Waals surface area contributed by atoms with E-state index in [1.807, 2.05) is 91.0 Å². The maximum atomic E-state index is 14.6. The van der Waals surface area contributed by atoms with Crippen LogP contribution in [0.4, 0.5) is 0 Å². The quantitative estimate of drug-likeness (QED) is 0.473. The molecule has 3 aromatic rings. The molecule has 3 rings (SSSR count). The zero-order chi connectivity index (χ0) is 18.4. The van der Waals surface area contributed by atoms with Gasteiger partial charge in [0.2, 0.25) is 6.41 Å². The Morgan fingerprint density at radius 2 is 1.23 bits per heavy atom. The number of carbonyl (C=O) groups excluding carboxylic acids is 1. The number of nitrogens with zero attached hydrogens (tertiary/aromatic N) is 1. The molecule has 3 aromatic carbocycles. The molecular weight excluding hydrogens is 341 g/mol. The smallest absolute Gasteiger partial charge is 0.209 e. The molecule has 0 aliphatic heterocycles. The van der Waals surface area contributed by atoms with Gasteiger partial charge in [-0.1, -0.05) is 91.0 Å². The summed E-state index contributed by atoms with van der Waals surface area (Å²) in [5.74, 6) is 0. The normalized spacial score (nSPS) is 12.3. The largest absolute Gasteiger partial charge is 0.347 e. The molecule has 0 saturated heterocycles. The summed E-state index contributed by atoms with van der Waals surface area (Å²) in [6.45, 7) is 0.384. The molecule has 0 aromatic heterocycles.